The molecule has 3 aromatic carbocycles. The average Bonchev–Trinajstić information content (AvgIpc) is 3.00. The van der Waals surface area contributed by atoms with Crippen LogP contribution in [0.2, 0.25) is 0 Å². The van der Waals surface area contributed by atoms with Gasteiger partial charge in [-0.3, -0.25) is 9.59 Å². The average molecular weight is 603 g/mol. The Hall–Kier alpha value is -3.99. The van der Waals surface area contributed by atoms with E-state index in [0.717, 1.165) is 51.7 Å². The second-order valence-corrected chi connectivity index (χ2v) is 15.4. The van der Waals surface area contributed by atoms with Gasteiger partial charge in [-0.15, -0.1) is 0 Å². The first kappa shape index (κ1) is 31.0. The number of hydrogen-bond donors (Lipinski definition) is 1. The summed E-state index contributed by atoms with van der Waals surface area (Å²) in [7, 11) is 0. The van der Waals surface area contributed by atoms with Crippen molar-refractivity contribution in [2.75, 3.05) is 0 Å². The Morgan fingerprint density at radius 1 is 0.844 bits per heavy atom. The van der Waals surface area contributed by atoms with E-state index in [4.69, 9.17) is 9.72 Å². The molecule has 5 nitrogen and oxygen atoms in total. The van der Waals surface area contributed by atoms with E-state index in [-0.39, 0.29) is 23.2 Å². The highest BCUT2D eigenvalue weighted by Crippen LogP contribution is 2.59. The number of rotatable bonds is 5. The number of benzene rings is 3. The Kier molecular flexibility index (Phi) is 7.66. The summed E-state index contributed by atoms with van der Waals surface area (Å²) in [6.45, 7) is 14.4. The molecular formula is C40H46N2O3. The van der Waals surface area contributed by atoms with Crippen molar-refractivity contribution < 1.29 is 14.3 Å². The van der Waals surface area contributed by atoms with Gasteiger partial charge in [0.1, 0.15) is 5.60 Å². The van der Waals surface area contributed by atoms with E-state index >= 15 is 0 Å². The smallest absolute Gasteiger partial charge is 0.312 e. The van der Waals surface area contributed by atoms with Crippen molar-refractivity contribution in [1.29, 1.82) is 0 Å². The molecule has 5 heteroatoms. The van der Waals surface area contributed by atoms with Gasteiger partial charge in [0.2, 0.25) is 0 Å². The summed E-state index contributed by atoms with van der Waals surface area (Å²) in [5.74, 6) is -0.186. The Labute approximate surface area is 267 Å². The Morgan fingerprint density at radius 2 is 1.47 bits per heavy atom. The van der Waals surface area contributed by atoms with Crippen molar-refractivity contribution in [3.05, 3.63) is 101 Å². The van der Waals surface area contributed by atoms with Gasteiger partial charge in [-0.2, -0.15) is 0 Å². The first-order valence-electron chi connectivity index (χ1n) is 16.3. The van der Waals surface area contributed by atoms with E-state index in [1.54, 1.807) is 0 Å². The first-order chi connectivity index (χ1) is 21.2. The molecule has 4 aromatic rings. The molecular weight excluding hydrogens is 556 g/mol. The van der Waals surface area contributed by atoms with Crippen LogP contribution in [0.5, 0.6) is 0 Å². The number of nitrogens with zero attached hydrogens (tertiary/aromatic N) is 1. The SMILES string of the molecule is Cc1c(-c2ccccc2)nc2ccc(C(C)(C)C)cc2c1C(=O)NC12CCC(C(=O)OC(C)(C)C)(CC1)CC2c1ccccc1. The van der Waals surface area contributed by atoms with Gasteiger partial charge in [-0.25, -0.2) is 4.98 Å². The molecule has 1 amide bonds. The predicted octanol–water partition coefficient (Wildman–Crippen LogP) is 9.07. The molecule has 45 heavy (non-hydrogen) atoms. The monoisotopic (exact) mass is 602 g/mol. The van der Waals surface area contributed by atoms with Gasteiger partial charge in [0.05, 0.1) is 22.2 Å². The quantitative estimate of drug-likeness (QED) is 0.231. The Morgan fingerprint density at radius 3 is 2.07 bits per heavy atom. The van der Waals surface area contributed by atoms with E-state index in [1.165, 1.54) is 0 Å². The number of hydrogen-bond acceptors (Lipinski definition) is 4. The molecule has 1 N–H and O–H groups in total. The molecule has 1 unspecified atom stereocenters. The summed E-state index contributed by atoms with van der Waals surface area (Å²) in [5, 5.41) is 4.51. The minimum Gasteiger partial charge on any atom is -0.460 e. The lowest BCUT2D eigenvalue weighted by molar-refractivity contribution is -0.176. The van der Waals surface area contributed by atoms with Crippen LogP contribution in [0.4, 0.5) is 0 Å². The summed E-state index contributed by atoms with van der Waals surface area (Å²) in [5.41, 5.74) is 4.86. The van der Waals surface area contributed by atoms with Crippen molar-refractivity contribution in [2.24, 2.45) is 5.41 Å². The highest BCUT2D eigenvalue weighted by Gasteiger charge is 2.59. The molecule has 0 radical (unpaired) electrons. The number of nitrogens with one attached hydrogen (secondary N) is 1. The zero-order valence-electron chi connectivity index (χ0n) is 27.8. The molecule has 1 aromatic heterocycles. The predicted molar refractivity (Wildman–Crippen MR) is 181 cm³/mol. The highest BCUT2D eigenvalue weighted by atomic mass is 16.6. The number of pyridine rings is 1. The molecule has 3 aliphatic rings. The molecule has 1 heterocycles. The fourth-order valence-electron chi connectivity index (χ4n) is 7.60. The number of esters is 1. The molecule has 234 valence electrons. The largest absolute Gasteiger partial charge is 0.460 e. The lowest BCUT2D eigenvalue weighted by atomic mass is 9.51. The minimum atomic E-state index is -0.545. The number of ether oxygens (including phenoxy) is 1. The molecule has 1 atom stereocenters. The number of carbonyl (C=O) groups excluding carboxylic acids is 2. The summed E-state index contributed by atoms with van der Waals surface area (Å²) in [6, 6.07) is 26.8. The maximum atomic E-state index is 14.8. The molecule has 0 saturated heterocycles. The second-order valence-electron chi connectivity index (χ2n) is 15.4. The summed E-state index contributed by atoms with van der Waals surface area (Å²) < 4.78 is 5.99. The summed E-state index contributed by atoms with van der Waals surface area (Å²) in [6.07, 6.45) is 3.50. The summed E-state index contributed by atoms with van der Waals surface area (Å²) >= 11 is 0. The van der Waals surface area contributed by atoms with E-state index < -0.39 is 16.6 Å². The fraction of sp³-hybridized carbons (Fsp3) is 0.425. The van der Waals surface area contributed by atoms with Crippen molar-refractivity contribution in [3.8, 4) is 11.3 Å². The van der Waals surface area contributed by atoms with Gasteiger partial charge in [0, 0.05) is 22.4 Å². The van der Waals surface area contributed by atoms with E-state index in [1.807, 2.05) is 64.1 Å². The van der Waals surface area contributed by atoms with Crippen molar-refractivity contribution in [3.63, 3.8) is 0 Å². The van der Waals surface area contributed by atoms with E-state index in [2.05, 4.69) is 68.6 Å². The van der Waals surface area contributed by atoms with Crippen LogP contribution in [0.15, 0.2) is 78.9 Å². The van der Waals surface area contributed by atoms with E-state index in [9.17, 15) is 9.59 Å². The zero-order valence-corrected chi connectivity index (χ0v) is 27.8. The van der Waals surface area contributed by atoms with Crippen LogP contribution >= 0.6 is 0 Å². The van der Waals surface area contributed by atoms with Crippen LogP contribution < -0.4 is 5.32 Å². The molecule has 3 saturated carbocycles. The molecule has 3 fully saturated rings. The normalized spacial score (nSPS) is 23.1. The van der Waals surface area contributed by atoms with Crippen LogP contribution in [0.25, 0.3) is 22.2 Å². The number of aromatic nitrogens is 1. The van der Waals surface area contributed by atoms with Gasteiger partial charge in [0.15, 0.2) is 0 Å². The minimum absolute atomic E-state index is 0.00944. The fourth-order valence-corrected chi connectivity index (χ4v) is 7.60. The van der Waals surface area contributed by atoms with E-state index in [0.29, 0.717) is 24.8 Å². The van der Waals surface area contributed by atoms with Crippen molar-refractivity contribution >= 4 is 22.8 Å². The van der Waals surface area contributed by atoms with Crippen LogP contribution in [0, 0.1) is 12.3 Å². The third-order valence-corrected chi connectivity index (χ3v) is 10.1. The van der Waals surface area contributed by atoms with Crippen LogP contribution in [0.3, 0.4) is 0 Å². The van der Waals surface area contributed by atoms with Crippen LogP contribution in [-0.2, 0) is 14.9 Å². The Balaban J connectivity index is 1.45. The molecule has 2 bridgehead atoms. The lowest BCUT2D eigenvalue weighted by Gasteiger charge is -2.57. The van der Waals surface area contributed by atoms with Gasteiger partial charge in [-0.05, 0) is 94.0 Å². The van der Waals surface area contributed by atoms with Crippen molar-refractivity contribution in [1.82, 2.24) is 10.3 Å². The third kappa shape index (κ3) is 5.78. The molecule has 3 aliphatic carbocycles. The Bertz CT molecular complexity index is 1740. The standard InChI is InChI=1S/C40H46N2O3/c1-26-33(30-24-29(37(2,3)4)18-19-32(30)41-34(26)28-16-12-9-13-17-28)35(43)42-40-22-20-39(21-23-40,36(44)45-38(5,6)7)25-31(40)27-14-10-8-11-15-27/h8-19,24,31H,20-23,25H2,1-7H3,(H,42,43). The van der Waals surface area contributed by atoms with Gasteiger partial charge in [0.25, 0.3) is 5.91 Å². The second kappa shape index (κ2) is 11.1. The van der Waals surface area contributed by atoms with Gasteiger partial charge in [-0.1, -0.05) is 87.5 Å². The molecule has 7 rings (SSSR count). The lowest BCUT2D eigenvalue weighted by Crippen LogP contribution is -2.62. The summed E-state index contributed by atoms with van der Waals surface area (Å²) in [4.78, 5) is 33.6. The topological polar surface area (TPSA) is 68.3 Å². The highest BCUT2D eigenvalue weighted by molar-refractivity contribution is 6.09. The zero-order chi connectivity index (χ0) is 32.2. The maximum absolute atomic E-state index is 14.8. The maximum Gasteiger partial charge on any atom is 0.312 e. The van der Waals surface area contributed by atoms with Gasteiger partial charge < -0.3 is 10.1 Å². The number of carbonyl (C=O) groups is 2. The van der Waals surface area contributed by atoms with Crippen LogP contribution in [-0.4, -0.2) is 28.0 Å². The van der Waals surface area contributed by atoms with Crippen LogP contribution in [0.1, 0.15) is 107 Å². The van der Waals surface area contributed by atoms with Crippen molar-refractivity contribution in [2.45, 2.75) is 103 Å². The molecule has 0 aliphatic heterocycles. The first-order valence-corrected chi connectivity index (χ1v) is 16.3. The number of fused-ring (bicyclic) bond motifs is 4. The third-order valence-electron chi connectivity index (χ3n) is 10.1. The number of amides is 1. The molecule has 0 spiro atoms. The van der Waals surface area contributed by atoms with Gasteiger partial charge >= 0.3 is 5.97 Å².